The maximum absolute atomic E-state index is 12.5. The molecule has 0 atom stereocenters. The number of nitrogens with zero attached hydrogens (tertiary/aromatic N) is 2. The van der Waals surface area contributed by atoms with E-state index in [1.54, 1.807) is 7.11 Å². The van der Waals surface area contributed by atoms with E-state index in [0.717, 1.165) is 58.0 Å². The molecule has 2 heterocycles. The number of amides is 1. The zero-order chi connectivity index (χ0) is 20.1. The molecule has 1 aliphatic carbocycles. The van der Waals surface area contributed by atoms with Crippen molar-refractivity contribution >= 4 is 17.7 Å². The van der Waals surface area contributed by atoms with Gasteiger partial charge < -0.3 is 14.4 Å². The number of allylic oxidation sites excluding steroid dienone is 2. The maximum Gasteiger partial charge on any atom is 0.236 e. The van der Waals surface area contributed by atoms with E-state index in [9.17, 15) is 4.79 Å². The molecule has 1 aromatic rings. The number of likely N-dealkylation sites (tertiary alicyclic amines) is 1. The molecule has 0 N–H and O–H groups in total. The predicted octanol–water partition coefficient (Wildman–Crippen LogP) is 3.42. The number of hydrogen-bond donors (Lipinski definition) is 0. The minimum Gasteiger partial charge on any atom is -0.496 e. The average Bonchev–Trinajstić information content (AvgIpc) is 3.60. The van der Waals surface area contributed by atoms with E-state index in [1.165, 1.54) is 29.5 Å². The predicted molar refractivity (Wildman–Crippen MR) is 115 cm³/mol. The van der Waals surface area contributed by atoms with Crippen molar-refractivity contribution in [1.82, 2.24) is 9.80 Å². The van der Waals surface area contributed by atoms with Crippen molar-refractivity contribution in [2.24, 2.45) is 5.92 Å². The van der Waals surface area contributed by atoms with Gasteiger partial charge >= 0.3 is 0 Å². The maximum atomic E-state index is 12.5. The molecule has 0 spiro atoms. The number of rotatable bonds is 6. The van der Waals surface area contributed by atoms with Crippen molar-refractivity contribution in [1.29, 1.82) is 0 Å². The van der Waals surface area contributed by atoms with E-state index in [0.29, 0.717) is 12.5 Å². The van der Waals surface area contributed by atoms with Gasteiger partial charge in [-0.15, -0.1) is 0 Å². The van der Waals surface area contributed by atoms with Gasteiger partial charge in [0, 0.05) is 31.7 Å². The Hall–Kier alpha value is -2.11. The monoisotopic (exact) mass is 396 g/mol. The lowest BCUT2D eigenvalue weighted by molar-refractivity contribution is -0.134. The van der Waals surface area contributed by atoms with Crippen LogP contribution in [0, 0.1) is 5.92 Å². The largest absolute Gasteiger partial charge is 0.496 e. The Balaban J connectivity index is 1.24. The molecule has 5 nitrogen and oxygen atoms in total. The van der Waals surface area contributed by atoms with Crippen molar-refractivity contribution in [2.75, 3.05) is 53.0 Å². The van der Waals surface area contributed by atoms with E-state index in [-0.39, 0.29) is 5.91 Å². The molecule has 1 saturated carbocycles. The van der Waals surface area contributed by atoms with Crippen LogP contribution in [0.2, 0.25) is 0 Å². The van der Waals surface area contributed by atoms with Crippen molar-refractivity contribution < 1.29 is 14.3 Å². The molecule has 1 aromatic carbocycles. The number of carbonyl (C=O) groups excluding carboxylic acids is 1. The second kappa shape index (κ2) is 9.59. The molecule has 3 fully saturated rings. The van der Waals surface area contributed by atoms with Crippen LogP contribution in [0.1, 0.15) is 36.8 Å². The third kappa shape index (κ3) is 5.49. The molecule has 5 heteroatoms. The molecule has 1 amide bonds. The molecular weight excluding hydrogens is 364 g/mol. The fourth-order valence-corrected chi connectivity index (χ4v) is 4.14. The summed E-state index contributed by atoms with van der Waals surface area (Å²) in [5.41, 5.74) is 3.81. The Morgan fingerprint density at radius 1 is 1.10 bits per heavy atom. The first kappa shape index (κ1) is 20.2. The molecule has 156 valence electrons. The summed E-state index contributed by atoms with van der Waals surface area (Å²) >= 11 is 0. The van der Waals surface area contributed by atoms with Gasteiger partial charge in [0.05, 0.1) is 26.9 Å². The number of hydrogen-bond acceptors (Lipinski definition) is 4. The number of carbonyl (C=O) groups is 1. The molecule has 0 bridgehead atoms. The highest BCUT2D eigenvalue weighted by atomic mass is 16.5. The van der Waals surface area contributed by atoms with Crippen LogP contribution in [0.4, 0.5) is 0 Å². The lowest BCUT2D eigenvalue weighted by Crippen LogP contribution is -2.46. The Morgan fingerprint density at radius 3 is 2.41 bits per heavy atom. The molecule has 29 heavy (non-hydrogen) atoms. The van der Waals surface area contributed by atoms with Gasteiger partial charge in [0.1, 0.15) is 5.76 Å². The summed E-state index contributed by atoms with van der Waals surface area (Å²) in [7, 11) is 1.76. The van der Waals surface area contributed by atoms with Gasteiger partial charge in [0.25, 0.3) is 0 Å². The molecule has 0 aromatic heterocycles. The first-order valence-corrected chi connectivity index (χ1v) is 10.9. The van der Waals surface area contributed by atoms with E-state index >= 15 is 0 Å². The lowest BCUT2D eigenvalue weighted by Gasteiger charge is -2.33. The standard InChI is InChI=1S/C24H32N2O3/c1-28-24(22-8-9-22)21-6-4-19(5-7-21)2-3-20-10-12-26(13-11-20)23(27)18-25-14-16-29-17-15-25/h2-7,20H,8-18H2,1H3/b3-2+. The van der Waals surface area contributed by atoms with Crippen molar-refractivity contribution in [3.8, 4) is 0 Å². The van der Waals surface area contributed by atoms with Crippen LogP contribution in [-0.2, 0) is 14.3 Å². The van der Waals surface area contributed by atoms with E-state index in [2.05, 4.69) is 41.3 Å². The summed E-state index contributed by atoms with van der Waals surface area (Å²) < 4.78 is 10.9. The van der Waals surface area contributed by atoms with Gasteiger partial charge in [-0.2, -0.15) is 0 Å². The van der Waals surface area contributed by atoms with Crippen LogP contribution < -0.4 is 0 Å². The summed E-state index contributed by atoms with van der Waals surface area (Å²) in [6.07, 6.45) is 8.95. The topological polar surface area (TPSA) is 42.0 Å². The fourth-order valence-electron chi connectivity index (χ4n) is 4.14. The number of ether oxygens (including phenoxy) is 2. The van der Waals surface area contributed by atoms with E-state index in [1.807, 2.05) is 4.90 Å². The molecule has 0 unspecified atom stereocenters. The highest BCUT2D eigenvalue weighted by Crippen LogP contribution is 2.36. The average molecular weight is 397 g/mol. The summed E-state index contributed by atoms with van der Waals surface area (Å²) in [5, 5.41) is 0. The third-order valence-electron chi connectivity index (χ3n) is 6.11. The van der Waals surface area contributed by atoms with Gasteiger partial charge in [-0.3, -0.25) is 9.69 Å². The first-order valence-electron chi connectivity index (χ1n) is 10.9. The molecule has 2 aliphatic heterocycles. The van der Waals surface area contributed by atoms with Gasteiger partial charge in [0.2, 0.25) is 5.91 Å². The molecule has 4 rings (SSSR count). The second-order valence-corrected chi connectivity index (χ2v) is 8.22. The van der Waals surface area contributed by atoms with Gasteiger partial charge in [-0.05, 0) is 42.7 Å². The van der Waals surface area contributed by atoms with Gasteiger partial charge in [-0.1, -0.05) is 36.4 Å². The summed E-state index contributed by atoms with van der Waals surface area (Å²) in [6, 6.07) is 8.62. The molecular formula is C24H32N2O3. The number of morpholine rings is 1. The van der Waals surface area contributed by atoms with Crippen molar-refractivity contribution in [2.45, 2.75) is 25.7 Å². The normalized spacial score (nSPS) is 20.9. The summed E-state index contributed by atoms with van der Waals surface area (Å²) in [4.78, 5) is 16.8. The van der Waals surface area contributed by atoms with Crippen LogP contribution in [0.5, 0.6) is 0 Å². The number of methoxy groups -OCH3 is 1. The smallest absolute Gasteiger partial charge is 0.236 e. The zero-order valence-corrected chi connectivity index (χ0v) is 17.4. The number of benzene rings is 1. The van der Waals surface area contributed by atoms with E-state index in [4.69, 9.17) is 9.47 Å². The van der Waals surface area contributed by atoms with Gasteiger partial charge in [-0.25, -0.2) is 0 Å². The number of piperidine rings is 1. The van der Waals surface area contributed by atoms with Crippen LogP contribution in [0.3, 0.4) is 0 Å². The van der Waals surface area contributed by atoms with Crippen LogP contribution >= 0.6 is 0 Å². The summed E-state index contributed by atoms with van der Waals surface area (Å²) in [5.74, 6) is 1.86. The van der Waals surface area contributed by atoms with Crippen molar-refractivity contribution in [3.05, 3.63) is 47.0 Å². The Labute approximate surface area is 174 Å². The molecule has 2 saturated heterocycles. The van der Waals surface area contributed by atoms with Crippen molar-refractivity contribution in [3.63, 3.8) is 0 Å². The van der Waals surface area contributed by atoms with E-state index < -0.39 is 0 Å². The Morgan fingerprint density at radius 2 is 1.79 bits per heavy atom. The molecule has 3 aliphatic rings. The Bertz CT molecular complexity index is 749. The van der Waals surface area contributed by atoms with Crippen LogP contribution in [-0.4, -0.2) is 68.8 Å². The Kier molecular flexibility index (Phi) is 6.67. The quantitative estimate of drug-likeness (QED) is 0.691. The minimum atomic E-state index is 0.267. The lowest BCUT2D eigenvalue weighted by atomic mass is 9.95. The second-order valence-electron chi connectivity index (χ2n) is 8.22. The fraction of sp³-hybridized carbons (Fsp3) is 0.542. The third-order valence-corrected chi connectivity index (χ3v) is 6.11. The van der Waals surface area contributed by atoms with Gasteiger partial charge in [0.15, 0.2) is 0 Å². The van der Waals surface area contributed by atoms with Crippen LogP contribution in [0.25, 0.3) is 11.8 Å². The highest BCUT2D eigenvalue weighted by Gasteiger charge is 2.23. The SMILES string of the molecule is COC(=C1CC1)c1ccc(/C=C/C2CCN(C(=O)CN3CCOCC3)CC2)cc1. The molecule has 0 radical (unpaired) electrons. The highest BCUT2D eigenvalue weighted by molar-refractivity contribution is 5.78. The minimum absolute atomic E-state index is 0.267. The zero-order valence-electron chi connectivity index (χ0n) is 17.4. The summed E-state index contributed by atoms with van der Waals surface area (Å²) in [6.45, 7) is 5.48. The first-order chi connectivity index (χ1) is 14.2. The van der Waals surface area contributed by atoms with Crippen LogP contribution in [0.15, 0.2) is 35.9 Å².